The van der Waals surface area contributed by atoms with Gasteiger partial charge in [-0.2, -0.15) is 0 Å². The molecule has 0 fully saturated rings. The number of benzene rings is 1. The summed E-state index contributed by atoms with van der Waals surface area (Å²) in [6.45, 7) is 6.79. The van der Waals surface area contributed by atoms with E-state index < -0.39 is 0 Å². The summed E-state index contributed by atoms with van der Waals surface area (Å²) >= 11 is 0. The fourth-order valence-corrected chi connectivity index (χ4v) is 2.06. The zero-order valence-corrected chi connectivity index (χ0v) is 8.15. The maximum absolute atomic E-state index is 2.38. The Hall–Kier alpha value is -0.780. The van der Waals surface area contributed by atoms with E-state index in [9.17, 15) is 0 Å². The van der Waals surface area contributed by atoms with Crippen LogP contribution in [0.5, 0.6) is 0 Å². The first-order chi connectivity index (χ1) is 5.77. The quantitative estimate of drug-likeness (QED) is 0.623. The SMILES string of the molecule is CCc1cc(CC)c2c(c1)[C@@H]2C. The van der Waals surface area contributed by atoms with E-state index in [1.54, 1.807) is 16.7 Å². The molecule has 0 bridgehead atoms. The molecule has 0 nitrogen and oxygen atoms in total. The van der Waals surface area contributed by atoms with Crippen LogP contribution in [0.15, 0.2) is 12.1 Å². The highest BCUT2D eigenvalue weighted by Gasteiger charge is 2.30. The Morgan fingerprint density at radius 3 is 2.50 bits per heavy atom. The van der Waals surface area contributed by atoms with Gasteiger partial charge in [-0.25, -0.2) is 0 Å². The van der Waals surface area contributed by atoms with Gasteiger partial charge >= 0.3 is 0 Å². The molecular weight excluding hydrogens is 144 g/mol. The molecule has 2 rings (SSSR count). The van der Waals surface area contributed by atoms with Crippen LogP contribution >= 0.6 is 0 Å². The molecule has 1 aliphatic carbocycles. The third-order valence-corrected chi connectivity index (χ3v) is 2.96. The molecule has 1 atom stereocenters. The molecule has 1 aliphatic rings. The molecule has 0 saturated heterocycles. The van der Waals surface area contributed by atoms with Gasteiger partial charge in [-0.3, -0.25) is 0 Å². The standard InChI is InChI=1S/C12H16/c1-4-9-6-10(5-2)12-8(3)11(12)7-9/h6-8H,4-5H2,1-3H3/t8-/m0/s1. The molecule has 1 aromatic rings. The molecule has 0 aliphatic heterocycles. The fourth-order valence-electron chi connectivity index (χ4n) is 2.06. The lowest BCUT2D eigenvalue weighted by atomic mass is 10.1. The van der Waals surface area contributed by atoms with Gasteiger partial charge in [0.15, 0.2) is 0 Å². The van der Waals surface area contributed by atoms with Gasteiger partial charge in [-0.05, 0) is 35.1 Å². The van der Waals surface area contributed by atoms with Crippen LogP contribution in [0.25, 0.3) is 0 Å². The van der Waals surface area contributed by atoms with Crippen LogP contribution in [0.4, 0.5) is 0 Å². The Morgan fingerprint density at radius 2 is 1.92 bits per heavy atom. The molecule has 0 heteroatoms. The Kier molecular flexibility index (Phi) is 1.71. The van der Waals surface area contributed by atoms with Crippen molar-refractivity contribution in [1.29, 1.82) is 0 Å². The van der Waals surface area contributed by atoms with Crippen molar-refractivity contribution < 1.29 is 0 Å². The Balaban J connectivity index is 2.45. The van der Waals surface area contributed by atoms with Gasteiger partial charge in [0.2, 0.25) is 0 Å². The maximum Gasteiger partial charge on any atom is 0.00698 e. The first kappa shape index (κ1) is 7.85. The van der Waals surface area contributed by atoms with Crippen LogP contribution in [0, 0.1) is 0 Å². The number of hydrogen-bond acceptors (Lipinski definition) is 0. The number of fused-ring (bicyclic) bond motifs is 1. The van der Waals surface area contributed by atoms with Crippen LogP contribution in [0.2, 0.25) is 0 Å². The van der Waals surface area contributed by atoms with E-state index in [0.29, 0.717) is 0 Å². The largest absolute Gasteiger partial charge is 0.0613 e. The first-order valence-corrected chi connectivity index (χ1v) is 4.93. The monoisotopic (exact) mass is 160 g/mol. The summed E-state index contributed by atoms with van der Waals surface area (Å²) < 4.78 is 0. The Bertz CT molecular complexity index is 309. The van der Waals surface area contributed by atoms with Crippen molar-refractivity contribution in [2.75, 3.05) is 0 Å². The molecule has 0 N–H and O–H groups in total. The predicted molar refractivity (Wildman–Crippen MR) is 52.7 cm³/mol. The van der Waals surface area contributed by atoms with Crippen LogP contribution < -0.4 is 0 Å². The molecule has 0 spiro atoms. The molecular formula is C12H16. The number of hydrogen-bond donors (Lipinski definition) is 0. The van der Waals surface area contributed by atoms with Crippen molar-refractivity contribution >= 4 is 0 Å². The van der Waals surface area contributed by atoms with Crippen LogP contribution in [0.1, 0.15) is 48.9 Å². The molecule has 0 radical (unpaired) electrons. The van der Waals surface area contributed by atoms with E-state index in [0.717, 1.165) is 5.92 Å². The van der Waals surface area contributed by atoms with E-state index in [2.05, 4.69) is 32.9 Å². The highest BCUT2D eigenvalue weighted by molar-refractivity contribution is 5.58. The average Bonchev–Trinajstić information content (AvgIpc) is 2.76. The summed E-state index contributed by atoms with van der Waals surface area (Å²) in [4.78, 5) is 0. The van der Waals surface area contributed by atoms with E-state index >= 15 is 0 Å². The van der Waals surface area contributed by atoms with Gasteiger partial charge in [0.25, 0.3) is 0 Å². The Morgan fingerprint density at radius 1 is 1.17 bits per heavy atom. The summed E-state index contributed by atoms with van der Waals surface area (Å²) in [5.41, 5.74) is 6.33. The number of rotatable bonds is 2. The van der Waals surface area contributed by atoms with Gasteiger partial charge in [0, 0.05) is 5.92 Å². The molecule has 64 valence electrons. The van der Waals surface area contributed by atoms with Gasteiger partial charge < -0.3 is 0 Å². The van der Waals surface area contributed by atoms with Crippen molar-refractivity contribution in [3.8, 4) is 0 Å². The summed E-state index contributed by atoms with van der Waals surface area (Å²) in [5, 5.41) is 0. The summed E-state index contributed by atoms with van der Waals surface area (Å²) in [7, 11) is 0. The van der Waals surface area contributed by atoms with Gasteiger partial charge in [-0.1, -0.05) is 32.9 Å². The van der Waals surface area contributed by atoms with Crippen LogP contribution in [-0.2, 0) is 12.8 Å². The molecule has 0 heterocycles. The van der Waals surface area contributed by atoms with E-state index in [4.69, 9.17) is 0 Å². The minimum atomic E-state index is 0.764. The third kappa shape index (κ3) is 0.979. The lowest BCUT2D eigenvalue weighted by molar-refractivity contribution is 1.07. The van der Waals surface area contributed by atoms with E-state index in [-0.39, 0.29) is 0 Å². The number of aryl methyl sites for hydroxylation is 2. The first-order valence-electron chi connectivity index (χ1n) is 4.93. The average molecular weight is 160 g/mol. The summed E-state index contributed by atoms with van der Waals surface area (Å²) in [5.74, 6) is 0.764. The predicted octanol–water partition coefficient (Wildman–Crippen LogP) is 3.28. The van der Waals surface area contributed by atoms with Gasteiger partial charge in [0.05, 0.1) is 0 Å². The topological polar surface area (TPSA) is 0 Å². The normalized spacial score (nSPS) is 19.1. The molecule has 1 aromatic carbocycles. The summed E-state index contributed by atoms with van der Waals surface area (Å²) in [6, 6.07) is 4.75. The molecule has 0 unspecified atom stereocenters. The molecule has 0 amide bonds. The maximum atomic E-state index is 2.38. The zero-order valence-electron chi connectivity index (χ0n) is 8.15. The van der Waals surface area contributed by atoms with Crippen molar-refractivity contribution in [1.82, 2.24) is 0 Å². The van der Waals surface area contributed by atoms with Crippen molar-refractivity contribution in [3.05, 3.63) is 34.4 Å². The smallest absolute Gasteiger partial charge is 0.00698 e. The fraction of sp³-hybridized carbons (Fsp3) is 0.500. The zero-order chi connectivity index (χ0) is 8.72. The summed E-state index contributed by atoms with van der Waals surface area (Å²) in [6.07, 6.45) is 2.37. The van der Waals surface area contributed by atoms with Crippen molar-refractivity contribution in [3.63, 3.8) is 0 Å². The van der Waals surface area contributed by atoms with Crippen molar-refractivity contribution in [2.45, 2.75) is 39.5 Å². The van der Waals surface area contributed by atoms with Gasteiger partial charge in [0.1, 0.15) is 0 Å². The van der Waals surface area contributed by atoms with E-state index in [1.165, 1.54) is 18.4 Å². The third-order valence-electron chi connectivity index (χ3n) is 2.96. The highest BCUT2D eigenvalue weighted by Crippen LogP contribution is 2.46. The molecule has 12 heavy (non-hydrogen) atoms. The second-order valence-corrected chi connectivity index (χ2v) is 3.69. The van der Waals surface area contributed by atoms with Crippen LogP contribution in [-0.4, -0.2) is 0 Å². The van der Waals surface area contributed by atoms with Crippen LogP contribution in [0.3, 0.4) is 0 Å². The second kappa shape index (κ2) is 2.62. The highest BCUT2D eigenvalue weighted by atomic mass is 14.3. The van der Waals surface area contributed by atoms with Gasteiger partial charge in [-0.15, -0.1) is 0 Å². The minimum Gasteiger partial charge on any atom is -0.0613 e. The minimum absolute atomic E-state index is 0.764. The molecule has 0 saturated carbocycles. The molecule has 0 aromatic heterocycles. The Labute approximate surface area is 74.6 Å². The van der Waals surface area contributed by atoms with Crippen molar-refractivity contribution in [2.24, 2.45) is 0 Å². The van der Waals surface area contributed by atoms with E-state index in [1.807, 2.05) is 0 Å². The second-order valence-electron chi connectivity index (χ2n) is 3.69. The lowest BCUT2D eigenvalue weighted by Gasteiger charge is -1.98. The lowest BCUT2D eigenvalue weighted by Crippen LogP contribution is -1.83.